The molecule has 1 aromatic carbocycles. The van der Waals surface area contributed by atoms with E-state index in [1.54, 1.807) is 6.07 Å². The van der Waals surface area contributed by atoms with Gasteiger partial charge in [0.25, 0.3) is 0 Å². The van der Waals surface area contributed by atoms with E-state index < -0.39 is 14.9 Å². The Bertz CT molecular complexity index is 687. The van der Waals surface area contributed by atoms with E-state index in [4.69, 9.17) is 4.18 Å². The summed E-state index contributed by atoms with van der Waals surface area (Å²) in [5, 5.41) is 0. The van der Waals surface area contributed by atoms with Gasteiger partial charge in [0.05, 0.1) is 0 Å². The number of benzene rings is 1. The maximum Gasteiger partial charge on any atom is 0.315 e. The molecule has 0 aromatic heterocycles. The highest BCUT2D eigenvalue weighted by atomic mass is 32.2. The molecule has 4 heteroatoms. The minimum absolute atomic E-state index is 0.413. The molecule has 0 amide bonds. The van der Waals surface area contributed by atoms with Crippen LogP contribution in [0.25, 0.3) is 0 Å². The SMILES string of the molecule is CCC(C)c1cccc(OS(=O)(=O)C23CC4CC(CC(C4)C2)C3)c1. The minimum atomic E-state index is -3.58. The van der Waals surface area contributed by atoms with Crippen LogP contribution in [0, 0.1) is 17.8 Å². The second kappa shape index (κ2) is 5.76. The topological polar surface area (TPSA) is 43.4 Å². The van der Waals surface area contributed by atoms with Gasteiger partial charge in [0.1, 0.15) is 10.5 Å². The predicted octanol–water partition coefficient (Wildman–Crippen LogP) is 4.88. The fourth-order valence-corrected chi connectivity index (χ4v) is 7.51. The summed E-state index contributed by atoms with van der Waals surface area (Å²) in [7, 11) is -3.58. The van der Waals surface area contributed by atoms with Crippen LogP contribution in [0.15, 0.2) is 24.3 Å². The van der Waals surface area contributed by atoms with Crippen molar-refractivity contribution in [1.82, 2.24) is 0 Å². The van der Waals surface area contributed by atoms with Crippen molar-refractivity contribution in [3.05, 3.63) is 29.8 Å². The minimum Gasteiger partial charge on any atom is -0.382 e. The Morgan fingerprint density at radius 2 is 1.71 bits per heavy atom. The lowest BCUT2D eigenvalue weighted by Gasteiger charge is -2.55. The molecule has 5 rings (SSSR count). The highest BCUT2D eigenvalue weighted by Gasteiger charge is 2.58. The number of hydrogen-bond donors (Lipinski definition) is 0. The standard InChI is InChI=1S/C20H28O3S/c1-3-14(2)18-5-4-6-19(10-18)23-24(21,22)20-11-15-7-16(12-20)9-17(8-15)13-20/h4-6,10,14-17H,3,7-9,11-13H2,1-2H3. The first kappa shape index (κ1) is 16.4. The molecule has 0 aliphatic heterocycles. The highest BCUT2D eigenvalue weighted by Crippen LogP contribution is 2.58. The van der Waals surface area contributed by atoms with Crippen LogP contribution in [0.2, 0.25) is 0 Å². The first-order chi connectivity index (χ1) is 11.4. The van der Waals surface area contributed by atoms with Crippen LogP contribution in [-0.4, -0.2) is 13.2 Å². The fraction of sp³-hybridized carbons (Fsp3) is 0.700. The van der Waals surface area contributed by atoms with Gasteiger partial charge in [-0.1, -0.05) is 26.0 Å². The van der Waals surface area contributed by atoms with Crippen molar-refractivity contribution in [2.75, 3.05) is 0 Å². The Morgan fingerprint density at radius 3 is 2.25 bits per heavy atom. The molecule has 4 aliphatic carbocycles. The monoisotopic (exact) mass is 348 g/mol. The molecule has 24 heavy (non-hydrogen) atoms. The third kappa shape index (κ3) is 2.67. The Balaban J connectivity index is 1.60. The average molecular weight is 349 g/mol. The summed E-state index contributed by atoms with van der Waals surface area (Å²) >= 11 is 0. The molecule has 0 N–H and O–H groups in total. The quantitative estimate of drug-likeness (QED) is 0.713. The van der Waals surface area contributed by atoms with Crippen LogP contribution >= 0.6 is 0 Å². The molecule has 0 saturated heterocycles. The van der Waals surface area contributed by atoms with Crippen LogP contribution < -0.4 is 4.18 Å². The van der Waals surface area contributed by atoms with Gasteiger partial charge in [-0.2, -0.15) is 8.42 Å². The first-order valence-electron chi connectivity index (χ1n) is 9.45. The maximum atomic E-state index is 13.2. The summed E-state index contributed by atoms with van der Waals surface area (Å²) in [4.78, 5) is 0. The number of rotatable bonds is 5. The highest BCUT2D eigenvalue weighted by molar-refractivity contribution is 7.88. The first-order valence-corrected chi connectivity index (χ1v) is 10.9. The maximum absolute atomic E-state index is 13.2. The fourth-order valence-electron chi connectivity index (χ4n) is 5.66. The van der Waals surface area contributed by atoms with Gasteiger partial charge < -0.3 is 4.18 Å². The van der Waals surface area contributed by atoms with Gasteiger partial charge in [-0.25, -0.2) is 0 Å². The van der Waals surface area contributed by atoms with Gasteiger partial charge in [-0.3, -0.25) is 0 Å². The lowest BCUT2D eigenvalue weighted by molar-refractivity contribution is 0.0308. The average Bonchev–Trinajstić information content (AvgIpc) is 2.52. The summed E-state index contributed by atoms with van der Waals surface area (Å²) < 4.78 is 31.4. The van der Waals surface area contributed by atoms with E-state index >= 15 is 0 Å². The van der Waals surface area contributed by atoms with E-state index in [-0.39, 0.29) is 0 Å². The van der Waals surface area contributed by atoms with Crippen molar-refractivity contribution in [1.29, 1.82) is 0 Å². The van der Waals surface area contributed by atoms with E-state index in [2.05, 4.69) is 19.9 Å². The summed E-state index contributed by atoms with van der Waals surface area (Å²) in [6.07, 6.45) is 7.17. The van der Waals surface area contributed by atoms with Crippen LogP contribution in [0.4, 0.5) is 0 Å². The van der Waals surface area contributed by atoms with E-state index in [0.29, 0.717) is 29.4 Å². The molecule has 0 spiro atoms. The molecule has 4 bridgehead atoms. The molecule has 0 heterocycles. The van der Waals surface area contributed by atoms with Gasteiger partial charge in [-0.15, -0.1) is 0 Å². The van der Waals surface area contributed by atoms with E-state index in [9.17, 15) is 8.42 Å². The van der Waals surface area contributed by atoms with E-state index in [1.165, 1.54) is 19.3 Å². The van der Waals surface area contributed by atoms with Crippen molar-refractivity contribution in [3.63, 3.8) is 0 Å². The van der Waals surface area contributed by atoms with Crippen molar-refractivity contribution < 1.29 is 12.6 Å². The molecule has 0 radical (unpaired) electrons. The van der Waals surface area contributed by atoms with Crippen molar-refractivity contribution in [2.45, 2.75) is 69.5 Å². The molecule has 1 unspecified atom stereocenters. The lowest BCUT2D eigenvalue weighted by atomic mass is 9.56. The van der Waals surface area contributed by atoms with Crippen LogP contribution in [0.3, 0.4) is 0 Å². The molecular weight excluding hydrogens is 320 g/mol. The zero-order chi connectivity index (χ0) is 16.9. The van der Waals surface area contributed by atoms with Crippen LogP contribution in [0.5, 0.6) is 5.75 Å². The van der Waals surface area contributed by atoms with Gasteiger partial charge in [0.15, 0.2) is 0 Å². The molecule has 4 saturated carbocycles. The van der Waals surface area contributed by atoms with Crippen LogP contribution in [-0.2, 0) is 10.1 Å². The van der Waals surface area contributed by atoms with Gasteiger partial charge in [0, 0.05) is 0 Å². The summed E-state index contributed by atoms with van der Waals surface area (Å²) in [6, 6.07) is 7.65. The third-order valence-corrected chi connectivity index (χ3v) is 8.73. The Kier molecular flexibility index (Phi) is 3.94. The molecule has 3 nitrogen and oxygen atoms in total. The van der Waals surface area contributed by atoms with Gasteiger partial charge in [-0.05, 0) is 86.3 Å². The van der Waals surface area contributed by atoms with Crippen molar-refractivity contribution >= 4 is 10.1 Å². The van der Waals surface area contributed by atoms with E-state index in [1.807, 2.05) is 12.1 Å². The Hall–Kier alpha value is -1.03. The summed E-state index contributed by atoms with van der Waals surface area (Å²) in [6.45, 7) is 4.30. The smallest absolute Gasteiger partial charge is 0.315 e. The molecule has 1 atom stereocenters. The lowest BCUT2D eigenvalue weighted by Crippen LogP contribution is -2.55. The summed E-state index contributed by atoms with van der Waals surface area (Å²) in [5.41, 5.74) is 1.15. The number of hydrogen-bond acceptors (Lipinski definition) is 3. The largest absolute Gasteiger partial charge is 0.382 e. The predicted molar refractivity (Wildman–Crippen MR) is 95.6 cm³/mol. The van der Waals surface area contributed by atoms with Crippen molar-refractivity contribution in [3.8, 4) is 5.75 Å². The zero-order valence-corrected chi connectivity index (χ0v) is 15.5. The Labute approximate surface area is 145 Å². The second-order valence-corrected chi connectivity index (χ2v) is 10.5. The third-order valence-electron chi connectivity index (χ3n) is 6.76. The summed E-state index contributed by atoms with van der Waals surface area (Å²) in [5.74, 6) is 2.70. The van der Waals surface area contributed by atoms with Gasteiger partial charge >= 0.3 is 10.1 Å². The molecule has 132 valence electrons. The van der Waals surface area contributed by atoms with Gasteiger partial charge in [0.2, 0.25) is 0 Å². The van der Waals surface area contributed by atoms with Crippen molar-refractivity contribution in [2.24, 2.45) is 17.8 Å². The second-order valence-electron chi connectivity index (χ2n) is 8.52. The van der Waals surface area contributed by atoms with Crippen LogP contribution in [0.1, 0.15) is 70.3 Å². The molecule has 4 fully saturated rings. The Morgan fingerprint density at radius 1 is 1.12 bits per heavy atom. The molecule has 1 aromatic rings. The zero-order valence-electron chi connectivity index (χ0n) is 14.7. The molecular formula is C20H28O3S. The normalized spacial score (nSPS) is 35.8. The molecule has 4 aliphatic rings. The van der Waals surface area contributed by atoms with E-state index in [0.717, 1.165) is 31.2 Å².